The van der Waals surface area contributed by atoms with E-state index in [1.807, 2.05) is 20.8 Å². The van der Waals surface area contributed by atoms with Crippen molar-refractivity contribution in [3.63, 3.8) is 0 Å². The molecule has 0 unspecified atom stereocenters. The highest BCUT2D eigenvalue weighted by molar-refractivity contribution is 5.95. The lowest BCUT2D eigenvalue weighted by atomic mass is 9.91. The van der Waals surface area contributed by atoms with Crippen LogP contribution in [0, 0.1) is 5.41 Å². The zero-order valence-corrected chi connectivity index (χ0v) is 6.92. The van der Waals surface area contributed by atoms with Crippen LogP contribution >= 0.6 is 0 Å². The third-order valence-corrected chi connectivity index (χ3v) is 1.31. The van der Waals surface area contributed by atoms with Crippen LogP contribution in [-0.4, -0.2) is 10.8 Å². The van der Waals surface area contributed by atoms with E-state index in [0.29, 0.717) is 0 Å². The fourth-order valence-corrected chi connectivity index (χ4v) is 0.656. The van der Waals surface area contributed by atoms with Crippen LogP contribution in [-0.2, 0) is 0 Å². The molecule has 0 bridgehead atoms. The molecule has 0 aromatic carbocycles. The molecule has 0 saturated heterocycles. The van der Waals surface area contributed by atoms with E-state index in [0.717, 1.165) is 0 Å². The fraction of sp³-hybridized carbons (Fsp3) is 0.500. The van der Waals surface area contributed by atoms with E-state index in [-0.39, 0.29) is 11.7 Å². The van der Waals surface area contributed by atoms with Gasteiger partial charge < -0.3 is 4.42 Å². The second-order valence-corrected chi connectivity index (χ2v) is 3.42. The van der Waals surface area contributed by atoms with Gasteiger partial charge in [-0.3, -0.25) is 4.79 Å². The molecule has 0 aliphatic rings. The molecule has 60 valence electrons. The summed E-state index contributed by atoms with van der Waals surface area (Å²) in [6.45, 7) is 5.50. The van der Waals surface area contributed by atoms with Gasteiger partial charge in [-0.1, -0.05) is 20.8 Å². The molecular formula is C8H11NO2. The van der Waals surface area contributed by atoms with Gasteiger partial charge in [0.2, 0.25) is 5.78 Å². The van der Waals surface area contributed by atoms with Crippen molar-refractivity contribution < 1.29 is 9.21 Å². The normalized spacial score (nSPS) is 11.5. The molecular weight excluding hydrogens is 142 g/mol. The first-order valence-electron chi connectivity index (χ1n) is 3.46. The molecule has 1 aromatic rings. The molecule has 0 radical (unpaired) electrons. The number of nitrogens with zero attached hydrogens (tertiary/aromatic N) is 1. The zero-order valence-electron chi connectivity index (χ0n) is 6.92. The van der Waals surface area contributed by atoms with Crippen LogP contribution in [0.4, 0.5) is 0 Å². The van der Waals surface area contributed by atoms with Gasteiger partial charge in [-0.05, 0) is 0 Å². The lowest BCUT2D eigenvalue weighted by Gasteiger charge is -2.12. The first-order chi connectivity index (χ1) is 5.02. The molecule has 11 heavy (non-hydrogen) atoms. The highest BCUT2D eigenvalue weighted by Gasteiger charge is 2.26. The van der Waals surface area contributed by atoms with E-state index in [1.54, 1.807) is 0 Å². The highest BCUT2D eigenvalue weighted by Crippen LogP contribution is 2.18. The SMILES string of the molecule is CC(C)(C)C(=O)c1ncco1. The third kappa shape index (κ3) is 1.67. The maximum Gasteiger partial charge on any atom is 0.263 e. The van der Waals surface area contributed by atoms with Gasteiger partial charge in [0, 0.05) is 5.41 Å². The van der Waals surface area contributed by atoms with Crippen molar-refractivity contribution in [1.29, 1.82) is 0 Å². The molecule has 1 rings (SSSR count). The van der Waals surface area contributed by atoms with Crippen LogP contribution in [0.3, 0.4) is 0 Å². The second-order valence-electron chi connectivity index (χ2n) is 3.42. The van der Waals surface area contributed by atoms with Crippen LogP contribution in [0.15, 0.2) is 16.9 Å². The molecule has 3 nitrogen and oxygen atoms in total. The number of hydrogen-bond acceptors (Lipinski definition) is 3. The molecule has 1 aromatic heterocycles. The average molecular weight is 153 g/mol. The molecule has 0 amide bonds. The number of oxazole rings is 1. The van der Waals surface area contributed by atoms with Gasteiger partial charge in [0.1, 0.15) is 6.26 Å². The zero-order chi connectivity index (χ0) is 8.48. The minimum Gasteiger partial charge on any atom is -0.442 e. The molecule has 0 aliphatic carbocycles. The Bertz CT molecular complexity index is 244. The van der Waals surface area contributed by atoms with E-state index < -0.39 is 5.41 Å². The maximum absolute atomic E-state index is 11.4. The number of carbonyl (C=O) groups is 1. The quantitative estimate of drug-likeness (QED) is 0.579. The van der Waals surface area contributed by atoms with E-state index in [4.69, 9.17) is 4.42 Å². The summed E-state index contributed by atoms with van der Waals surface area (Å²) in [6, 6.07) is 0. The number of rotatable bonds is 1. The van der Waals surface area contributed by atoms with Gasteiger partial charge >= 0.3 is 0 Å². The number of carbonyl (C=O) groups excluding carboxylic acids is 1. The number of hydrogen-bond donors (Lipinski definition) is 0. The number of Topliss-reactive ketones (excluding diaryl/α,β-unsaturated/α-hetero) is 1. The molecule has 0 spiro atoms. The predicted octanol–water partition coefficient (Wildman–Crippen LogP) is 1.90. The van der Waals surface area contributed by atoms with Gasteiger partial charge in [-0.15, -0.1) is 0 Å². The molecule has 0 atom stereocenters. The second kappa shape index (κ2) is 2.49. The summed E-state index contributed by atoms with van der Waals surface area (Å²) < 4.78 is 4.86. The Morgan fingerprint density at radius 1 is 1.55 bits per heavy atom. The first-order valence-corrected chi connectivity index (χ1v) is 3.46. The van der Waals surface area contributed by atoms with Crippen molar-refractivity contribution >= 4 is 5.78 Å². The van der Waals surface area contributed by atoms with Crippen molar-refractivity contribution in [1.82, 2.24) is 4.98 Å². The van der Waals surface area contributed by atoms with Gasteiger partial charge in [-0.25, -0.2) is 4.98 Å². The Morgan fingerprint density at radius 2 is 2.18 bits per heavy atom. The van der Waals surface area contributed by atoms with Crippen LogP contribution in [0.5, 0.6) is 0 Å². The smallest absolute Gasteiger partial charge is 0.263 e. The summed E-state index contributed by atoms with van der Waals surface area (Å²) >= 11 is 0. The molecule has 0 aliphatic heterocycles. The highest BCUT2D eigenvalue weighted by atomic mass is 16.3. The van der Waals surface area contributed by atoms with E-state index >= 15 is 0 Å². The minimum atomic E-state index is -0.412. The lowest BCUT2D eigenvalue weighted by Crippen LogP contribution is -2.20. The van der Waals surface area contributed by atoms with Crippen molar-refractivity contribution in [3.05, 3.63) is 18.4 Å². The Morgan fingerprint density at radius 3 is 2.55 bits per heavy atom. The van der Waals surface area contributed by atoms with E-state index in [1.165, 1.54) is 12.5 Å². The molecule has 0 saturated carbocycles. The van der Waals surface area contributed by atoms with Crippen molar-refractivity contribution in [3.8, 4) is 0 Å². The molecule has 0 fully saturated rings. The number of ketones is 1. The van der Waals surface area contributed by atoms with Crippen LogP contribution in [0.2, 0.25) is 0 Å². The maximum atomic E-state index is 11.4. The van der Waals surface area contributed by atoms with Crippen LogP contribution in [0.25, 0.3) is 0 Å². The summed E-state index contributed by atoms with van der Waals surface area (Å²) in [6.07, 6.45) is 2.87. The predicted molar refractivity (Wildman–Crippen MR) is 40.3 cm³/mol. The van der Waals surface area contributed by atoms with Crippen LogP contribution < -0.4 is 0 Å². The largest absolute Gasteiger partial charge is 0.442 e. The van der Waals surface area contributed by atoms with Gasteiger partial charge in [-0.2, -0.15) is 0 Å². The minimum absolute atomic E-state index is 0.0671. The number of aromatic nitrogens is 1. The van der Waals surface area contributed by atoms with Gasteiger partial charge in [0.05, 0.1) is 6.20 Å². The first kappa shape index (κ1) is 7.98. The summed E-state index contributed by atoms with van der Waals surface area (Å²) in [7, 11) is 0. The topological polar surface area (TPSA) is 43.1 Å². The van der Waals surface area contributed by atoms with E-state index in [2.05, 4.69) is 4.98 Å². The fourth-order valence-electron chi connectivity index (χ4n) is 0.656. The van der Waals surface area contributed by atoms with E-state index in [9.17, 15) is 4.79 Å². The Labute approximate surface area is 65.4 Å². The summed E-state index contributed by atoms with van der Waals surface area (Å²) in [5.74, 6) is 0.125. The Kier molecular flexibility index (Phi) is 1.81. The molecule has 0 N–H and O–H groups in total. The van der Waals surface area contributed by atoms with Gasteiger partial charge in [0.15, 0.2) is 0 Å². The molecule has 1 heterocycles. The summed E-state index contributed by atoms with van der Waals surface area (Å²) in [5, 5.41) is 0. The van der Waals surface area contributed by atoms with Crippen molar-refractivity contribution in [2.45, 2.75) is 20.8 Å². The summed E-state index contributed by atoms with van der Waals surface area (Å²) in [4.78, 5) is 15.1. The van der Waals surface area contributed by atoms with Crippen LogP contribution in [0.1, 0.15) is 31.5 Å². The monoisotopic (exact) mass is 153 g/mol. The van der Waals surface area contributed by atoms with Crippen molar-refractivity contribution in [2.24, 2.45) is 5.41 Å². The lowest BCUT2D eigenvalue weighted by molar-refractivity contribution is 0.0821. The standard InChI is InChI=1S/C8H11NO2/c1-8(2,3)6(10)7-9-4-5-11-7/h4-5H,1-3H3. The third-order valence-electron chi connectivity index (χ3n) is 1.31. The average Bonchev–Trinajstić information content (AvgIpc) is 2.34. The Hall–Kier alpha value is -1.12. The van der Waals surface area contributed by atoms with Crippen molar-refractivity contribution in [2.75, 3.05) is 0 Å². The van der Waals surface area contributed by atoms with Gasteiger partial charge in [0.25, 0.3) is 5.89 Å². The summed E-state index contributed by atoms with van der Waals surface area (Å²) in [5.41, 5.74) is -0.412. The Balaban J connectivity index is 2.88. The molecule has 3 heteroatoms.